The van der Waals surface area contributed by atoms with Crippen LogP contribution < -0.4 is 16.7 Å². The molecule has 0 saturated heterocycles. The Bertz CT molecular complexity index is 127. The van der Waals surface area contributed by atoms with Crippen molar-refractivity contribution < 1.29 is 4.84 Å². The van der Waals surface area contributed by atoms with Crippen LogP contribution in [0.1, 0.15) is 19.3 Å². The predicted molar refractivity (Wildman–Crippen MR) is 43.2 cm³/mol. The fraction of sp³-hybridized carbons (Fsp3) is 0.714. The highest BCUT2D eigenvalue weighted by Crippen LogP contribution is 1.95. The Morgan fingerprint density at radius 2 is 2.18 bits per heavy atom. The zero-order valence-electron chi connectivity index (χ0n) is 6.55. The molecule has 1 unspecified atom stereocenters. The number of hydrogen-bond acceptors (Lipinski definition) is 4. The van der Waals surface area contributed by atoms with Crippen molar-refractivity contribution >= 4 is 0 Å². The highest BCUT2D eigenvalue weighted by molar-refractivity contribution is 4.82. The van der Waals surface area contributed by atoms with Crippen molar-refractivity contribution in [2.75, 3.05) is 6.61 Å². The molecular formula is C7H15N3O. The highest BCUT2D eigenvalue weighted by atomic mass is 16.7. The summed E-state index contributed by atoms with van der Waals surface area (Å²) in [6.45, 7) is 0.677. The minimum Gasteiger partial charge on any atom is -0.315 e. The molecule has 0 aromatic heterocycles. The average Bonchev–Trinajstić information content (AvgIpc) is 2.03. The lowest BCUT2D eigenvalue weighted by Crippen LogP contribution is -2.46. The van der Waals surface area contributed by atoms with Gasteiger partial charge in [-0.25, -0.2) is 5.43 Å². The van der Waals surface area contributed by atoms with Crippen molar-refractivity contribution in [1.29, 1.82) is 0 Å². The van der Waals surface area contributed by atoms with Gasteiger partial charge in [0.2, 0.25) is 0 Å². The first-order valence-corrected chi connectivity index (χ1v) is 3.92. The Hall–Kier alpha value is -0.420. The maximum atomic E-state index is 5.64. The minimum atomic E-state index is -0.0299. The van der Waals surface area contributed by atoms with E-state index < -0.39 is 0 Å². The first-order valence-electron chi connectivity index (χ1n) is 3.92. The van der Waals surface area contributed by atoms with Crippen LogP contribution in [-0.2, 0) is 4.84 Å². The van der Waals surface area contributed by atoms with Crippen LogP contribution in [0.4, 0.5) is 0 Å². The van der Waals surface area contributed by atoms with E-state index in [0.29, 0.717) is 6.61 Å². The van der Waals surface area contributed by atoms with Gasteiger partial charge >= 0.3 is 0 Å². The Kier molecular flexibility index (Phi) is 4.15. The summed E-state index contributed by atoms with van der Waals surface area (Å²) in [6.07, 6.45) is 7.11. The number of hydrazine groups is 1. The van der Waals surface area contributed by atoms with Crippen molar-refractivity contribution in [3.8, 4) is 0 Å². The normalized spacial score (nSPS) is 31.2. The molecule has 0 amide bonds. The molecule has 11 heavy (non-hydrogen) atoms. The molecule has 1 rings (SSSR count). The highest BCUT2D eigenvalue weighted by Gasteiger charge is 1.99. The molecule has 0 aromatic carbocycles. The summed E-state index contributed by atoms with van der Waals surface area (Å²) in [5.41, 5.74) is 11.1. The molecule has 1 aliphatic rings. The molecule has 4 heteroatoms. The molecule has 4 N–H and O–H groups in total. The van der Waals surface area contributed by atoms with Crippen LogP contribution in [0, 0.1) is 0 Å². The summed E-state index contributed by atoms with van der Waals surface area (Å²) >= 11 is 0. The van der Waals surface area contributed by atoms with Crippen molar-refractivity contribution in [1.82, 2.24) is 11.0 Å². The predicted octanol–water partition coefficient (Wildman–Crippen LogP) is 0.0371. The van der Waals surface area contributed by atoms with E-state index >= 15 is 0 Å². The van der Waals surface area contributed by atoms with E-state index in [1.54, 1.807) is 0 Å². The van der Waals surface area contributed by atoms with Gasteiger partial charge in [-0.3, -0.25) is 4.84 Å². The number of nitrogens with one attached hydrogen (secondary N) is 2. The summed E-state index contributed by atoms with van der Waals surface area (Å²) in [5, 5.41) is 0. The average molecular weight is 157 g/mol. The molecule has 0 radical (unpaired) electrons. The molecule has 0 saturated carbocycles. The van der Waals surface area contributed by atoms with Gasteiger partial charge in [0.15, 0.2) is 0 Å². The topological polar surface area (TPSA) is 59.3 Å². The Morgan fingerprint density at radius 1 is 1.36 bits per heavy atom. The van der Waals surface area contributed by atoms with Crippen LogP contribution in [0.2, 0.25) is 0 Å². The van der Waals surface area contributed by atoms with Gasteiger partial charge < -0.3 is 5.73 Å². The van der Waals surface area contributed by atoms with E-state index in [0.717, 1.165) is 19.3 Å². The number of rotatable bonds is 0. The van der Waals surface area contributed by atoms with Gasteiger partial charge in [0.05, 0.1) is 12.8 Å². The van der Waals surface area contributed by atoms with Crippen LogP contribution >= 0.6 is 0 Å². The molecule has 1 heterocycles. The van der Waals surface area contributed by atoms with E-state index in [9.17, 15) is 0 Å². The second kappa shape index (κ2) is 5.26. The molecule has 1 atom stereocenters. The van der Waals surface area contributed by atoms with Gasteiger partial charge in [-0.05, 0) is 19.3 Å². The van der Waals surface area contributed by atoms with E-state index in [1.807, 2.05) is 0 Å². The van der Waals surface area contributed by atoms with Crippen LogP contribution in [0.15, 0.2) is 12.2 Å². The van der Waals surface area contributed by atoms with Crippen LogP contribution in [0.25, 0.3) is 0 Å². The third-order valence-electron chi connectivity index (χ3n) is 1.51. The van der Waals surface area contributed by atoms with Crippen LogP contribution in [0.3, 0.4) is 0 Å². The third kappa shape index (κ3) is 4.10. The quantitative estimate of drug-likeness (QED) is 0.434. The summed E-state index contributed by atoms with van der Waals surface area (Å²) in [6, 6.07) is 0. The fourth-order valence-electron chi connectivity index (χ4n) is 0.879. The third-order valence-corrected chi connectivity index (χ3v) is 1.51. The van der Waals surface area contributed by atoms with E-state index in [4.69, 9.17) is 10.6 Å². The summed E-state index contributed by atoms with van der Waals surface area (Å²) < 4.78 is 0. The van der Waals surface area contributed by atoms with Crippen molar-refractivity contribution in [3.63, 3.8) is 0 Å². The van der Waals surface area contributed by atoms with E-state index in [-0.39, 0.29) is 6.17 Å². The van der Waals surface area contributed by atoms with Gasteiger partial charge in [-0.1, -0.05) is 12.2 Å². The SMILES string of the molecule is NC1CC/C=C\CCONN1. The Labute approximate surface area is 66.7 Å². The zero-order chi connectivity index (χ0) is 7.94. The van der Waals surface area contributed by atoms with Crippen molar-refractivity contribution in [2.45, 2.75) is 25.4 Å². The van der Waals surface area contributed by atoms with Gasteiger partial charge in [0.25, 0.3) is 0 Å². The summed E-state index contributed by atoms with van der Waals surface area (Å²) in [4.78, 5) is 4.99. The molecule has 4 nitrogen and oxygen atoms in total. The number of nitrogens with two attached hydrogens (primary N) is 1. The van der Waals surface area contributed by atoms with Gasteiger partial charge in [-0.15, -0.1) is 5.59 Å². The first kappa shape index (κ1) is 8.67. The summed E-state index contributed by atoms with van der Waals surface area (Å²) in [7, 11) is 0. The smallest absolute Gasteiger partial charge is 0.0733 e. The van der Waals surface area contributed by atoms with Gasteiger partial charge in [-0.2, -0.15) is 0 Å². The maximum absolute atomic E-state index is 5.64. The molecule has 1 aliphatic heterocycles. The standard InChI is InChI=1S/C7H15N3O/c8-7-5-3-1-2-4-6-11-10-9-7/h1-2,7,9-10H,3-6,8H2/b2-1-. The Balaban J connectivity index is 2.24. The van der Waals surface area contributed by atoms with Crippen LogP contribution in [0.5, 0.6) is 0 Å². The van der Waals surface area contributed by atoms with E-state index in [1.165, 1.54) is 0 Å². The largest absolute Gasteiger partial charge is 0.315 e. The van der Waals surface area contributed by atoms with Crippen molar-refractivity contribution in [2.24, 2.45) is 5.73 Å². The number of hydrogen-bond donors (Lipinski definition) is 3. The second-order valence-corrected chi connectivity index (χ2v) is 2.54. The van der Waals surface area contributed by atoms with Crippen molar-refractivity contribution in [3.05, 3.63) is 12.2 Å². The summed E-state index contributed by atoms with van der Waals surface area (Å²) in [5.74, 6) is 0. The molecule has 64 valence electrons. The molecular weight excluding hydrogens is 142 g/mol. The molecule has 0 fully saturated rings. The molecule has 0 bridgehead atoms. The van der Waals surface area contributed by atoms with Crippen LogP contribution in [-0.4, -0.2) is 12.8 Å². The monoisotopic (exact) mass is 157 g/mol. The van der Waals surface area contributed by atoms with Gasteiger partial charge in [0, 0.05) is 0 Å². The lowest BCUT2D eigenvalue weighted by atomic mass is 10.2. The molecule has 0 spiro atoms. The lowest BCUT2D eigenvalue weighted by molar-refractivity contribution is 0.00384. The molecule has 0 aliphatic carbocycles. The fourth-order valence-corrected chi connectivity index (χ4v) is 0.879. The molecule has 0 aromatic rings. The number of allylic oxidation sites excluding steroid dienone is 1. The maximum Gasteiger partial charge on any atom is 0.0733 e. The first-order chi connectivity index (χ1) is 5.39. The second-order valence-electron chi connectivity index (χ2n) is 2.54. The van der Waals surface area contributed by atoms with E-state index in [2.05, 4.69) is 23.2 Å². The zero-order valence-corrected chi connectivity index (χ0v) is 6.55. The lowest BCUT2D eigenvalue weighted by Gasteiger charge is -2.14. The Morgan fingerprint density at radius 3 is 3.09 bits per heavy atom. The van der Waals surface area contributed by atoms with Gasteiger partial charge in [0.1, 0.15) is 0 Å². The minimum absolute atomic E-state index is 0.0299.